The lowest BCUT2D eigenvalue weighted by Gasteiger charge is -2.05. The Morgan fingerprint density at radius 1 is 1.21 bits per heavy atom. The van der Waals surface area contributed by atoms with Gasteiger partial charge in [0.2, 0.25) is 0 Å². The number of benzene rings is 1. The Morgan fingerprint density at radius 3 is 2.83 bits per heavy atom. The zero-order chi connectivity index (χ0) is 16.9. The second kappa shape index (κ2) is 6.97. The Balaban J connectivity index is 1.66. The van der Waals surface area contributed by atoms with Crippen molar-refractivity contribution in [3.63, 3.8) is 0 Å². The summed E-state index contributed by atoms with van der Waals surface area (Å²) in [6, 6.07) is 8.56. The van der Waals surface area contributed by atoms with Gasteiger partial charge in [0.05, 0.1) is 12.7 Å². The van der Waals surface area contributed by atoms with Crippen LogP contribution in [0, 0.1) is 0 Å². The molecule has 8 heteroatoms. The first-order chi connectivity index (χ1) is 11.7. The quantitative estimate of drug-likeness (QED) is 0.742. The van der Waals surface area contributed by atoms with Gasteiger partial charge >= 0.3 is 6.01 Å². The van der Waals surface area contributed by atoms with Crippen LogP contribution < -0.4 is 15.4 Å². The van der Waals surface area contributed by atoms with Gasteiger partial charge in [-0.3, -0.25) is 14.9 Å². The van der Waals surface area contributed by atoms with Gasteiger partial charge in [0.15, 0.2) is 5.69 Å². The number of oxazole rings is 1. The van der Waals surface area contributed by atoms with Crippen molar-refractivity contribution in [3.05, 3.63) is 58.6 Å². The number of aromatic nitrogens is 1. The van der Waals surface area contributed by atoms with Crippen molar-refractivity contribution in [1.82, 2.24) is 4.98 Å². The Hall–Kier alpha value is -3.13. The van der Waals surface area contributed by atoms with Gasteiger partial charge in [-0.1, -0.05) is 6.07 Å². The second-order valence-corrected chi connectivity index (χ2v) is 5.47. The van der Waals surface area contributed by atoms with E-state index < -0.39 is 5.91 Å². The van der Waals surface area contributed by atoms with E-state index in [2.05, 4.69) is 15.6 Å². The maximum Gasteiger partial charge on any atom is 0.302 e. The SMILES string of the molecule is COc1cccc(NC(=O)c2coc(NC(=O)c3ccsc3)n2)c1. The highest BCUT2D eigenvalue weighted by atomic mass is 32.1. The van der Waals surface area contributed by atoms with Crippen molar-refractivity contribution in [3.8, 4) is 5.75 Å². The molecule has 3 aromatic rings. The zero-order valence-electron chi connectivity index (χ0n) is 12.6. The third kappa shape index (κ3) is 3.61. The molecule has 2 N–H and O–H groups in total. The van der Waals surface area contributed by atoms with Crippen molar-refractivity contribution in [2.75, 3.05) is 17.7 Å². The number of hydrogen-bond acceptors (Lipinski definition) is 6. The Morgan fingerprint density at radius 2 is 2.08 bits per heavy atom. The largest absolute Gasteiger partial charge is 0.497 e. The van der Waals surface area contributed by atoms with E-state index in [-0.39, 0.29) is 17.6 Å². The maximum atomic E-state index is 12.2. The Bertz CT molecular complexity index is 858. The monoisotopic (exact) mass is 343 g/mol. The Labute approximate surface area is 141 Å². The average molecular weight is 343 g/mol. The van der Waals surface area contributed by atoms with Gasteiger partial charge < -0.3 is 14.5 Å². The molecule has 3 rings (SSSR count). The minimum absolute atomic E-state index is 0.0398. The van der Waals surface area contributed by atoms with Crippen molar-refractivity contribution < 1.29 is 18.7 Å². The fourth-order valence-corrected chi connectivity index (χ4v) is 2.53. The van der Waals surface area contributed by atoms with Gasteiger partial charge in [0, 0.05) is 17.1 Å². The van der Waals surface area contributed by atoms with Gasteiger partial charge in [0.25, 0.3) is 11.8 Å². The summed E-state index contributed by atoms with van der Waals surface area (Å²) in [7, 11) is 1.54. The molecule has 0 atom stereocenters. The highest BCUT2D eigenvalue weighted by Crippen LogP contribution is 2.18. The molecule has 0 aliphatic carbocycles. The molecule has 0 aliphatic rings. The smallest absolute Gasteiger partial charge is 0.302 e. The summed E-state index contributed by atoms with van der Waals surface area (Å²) >= 11 is 1.41. The molecule has 0 saturated carbocycles. The molecule has 2 amide bonds. The van der Waals surface area contributed by atoms with Gasteiger partial charge in [-0.25, -0.2) is 0 Å². The molecule has 0 radical (unpaired) electrons. The number of carbonyl (C=O) groups excluding carboxylic acids is 2. The maximum absolute atomic E-state index is 12.2. The number of hydrogen-bond donors (Lipinski definition) is 2. The first-order valence-electron chi connectivity index (χ1n) is 6.90. The number of nitrogens with zero attached hydrogens (tertiary/aromatic N) is 1. The van der Waals surface area contributed by atoms with Crippen molar-refractivity contribution in [1.29, 1.82) is 0 Å². The van der Waals surface area contributed by atoms with Crippen LogP contribution in [-0.2, 0) is 0 Å². The summed E-state index contributed by atoms with van der Waals surface area (Å²) in [6.45, 7) is 0. The van der Waals surface area contributed by atoms with E-state index in [1.165, 1.54) is 17.6 Å². The van der Waals surface area contributed by atoms with Crippen molar-refractivity contribution in [2.24, 2.45) is 0 Å². The molecular weight excluding hydrogens is 330 g/mol. The number of methoxy groups -OCH3 is 1. The molecule has 24 heavy (non-hydrogen) atoms. The third-order valence-corrected chi connectivity index (χ3v) is 3.75. The minimum Gasteiger partial charge on any atom is -0.497 e. The molecule has 2 heterocycles. The van der Waals surface area contributed by atoms with Gasteiger partial charge in [0.1, 0.15) is 12.0 Å². The first-order valence-corrected chi connectivity index (χ1v) is 7.84. The molecule has 7 nitrogen and oxygen atoms in total. The fourth-order valence-electron chi connectivity index (χ4n) is 1.89. The molecule has 0 spiro atoms. The van der Waals surface area contributed by atoms with E-state index in [4.69, 9.17) is 9.15 Å². The normalized spacial score (nSPS) is 10.2. The molecule has 0 bridgehead atoms. The van der Waals surface area contributed by atoms with Crippen LogP contribution >= 0.6 is 11.3 Å². The van der Waals surface area contributed by atoms with Gasteiger partial charge in [-0.15, -0.1) is 0 Å². The predicted molar refractivity (Wildman–Crippen MR) is 89.7 cm³/mol. The van der Waals surface area contributed by atoms with E-state index in [9.17, 15) is 9.59 Å². The standard InChI is InChI=1S/C16H13N3O4S/c1-22-12-4-2-3-11(7-12)17-15(21)13-8-23-16(18-13)19-14(20)10-5-6-24-9-10/h2-9H,1H3,(H,17,21)(H,18,19,20). The topological polar surface area (TPSA) is 93.5 Å². The first kappa shape index (κ1) is 15.8. The lowest BCUT2D eigenvalue weighted by molar-refractivity contribution is 0.101. The van der Waals surface area contributed by atoms with Crippen LogP contribution in [0.5, 0.6) is 5.75 Å². The van der Waals surface area contributed by atoms with E-state index in [1.54, 1.807) is 48.2 Å². The lowest BCUT2D eigenvalue weighted by atomic mass is 10.3. The number of carbonyl (C=O) groups is 2. The van der Waals surface area contributed by atoms with Crippen LogP contribution in [-0.4, -0.2) is 23.9 Å². The number of rotatable bonds is 5. The number of ether oxygens (including phenoxy) is 1. The summed E-state index contributed by atoms with van der Waals surface area (Å²) in [6.07, 6.45) is 1.18. The fraction of sp³-hybridized carbons (Fsp3) is 0.0625. The summed E-state index contributed by atoms with van der Waals surface area (Å²) in [4.78, 5) is 28.0. The van der Waals surface area contributed by atoms with Crippen LogP contribution in [0.25, 0.3) is 0 Å². The van der Waals surface area contributed by atoms with E-state index >= 15 is 0 Å². The lowest BCUT2D eigenvalue weighted by Crippen LogP contribution is -2.14. The Kier molecular flexibility index (Phi) is 4.57. The second-order valence-electron chi connectivity index (χ2n) is 4.69. The number of anilines is 2. The van der Waals surface area contributed by atoms with E-state index in [0.717, 1.165) is 0 Å². The van der Waals surface area contributed by atoms with Crippen LogP contribution in [0.3, 0.4) is 0 Å². The van der Waals surface area contributed by atoms with Crippen molar-refractivity contribution >= 4 is 34.9 Å². The highest BCUT2D eigenvalue weighted by molar-refractivity contribution is 7.08. The van der Waals surface area contributed by atoms with Crippen LogP contribution in [0.4, 0.5) is 11.7 Å². The summed E-state index contributed by atoms with van der Waals surface area (Å²) in [5, 5.41) is 8.66. The average Bonchev–Trinajstić information content (AvgIpc) is 3.26. The van der Waals surface area contributed by atoms with Crippen LogP contribution in [0.1, 0.15) is 20.8 Å². The van der Waals surface area contributed by atoms with Crippen LogP contribution in [0.2, 0.25) is 0 Å². The van der Waals surface area contributed by atoms with Gasteiger partial charge in [-0.05, 0) is 23.6 Å². The molecule has 0 saturated heterocycles. The number of thiophene rings is 1. The third-order valence-electron chi connectivity index (χ3n) is 3.07. The number of amides is 2. The molecular formula is C16H13N3O4S. The summed E-state index contributed by atoms with van der Waals surface area (Å²) in [5.41, 5.74) is 1.12. The highest BCUT2D eigenvalue weighted by Gasteiger charge is 2.15. The minimum atomic E-state index is -0.456. The zero-order valence-corrected chi connectivity index (χ0v) is 13.4. The van der Waals surface area contributed by atoms with Gasteiger partial charge in [-0.2, -0.15) is 16.3 Å². The molecule has 122 valence electrons. The summed E-state index contributed by atoms with van der Waals surface area (Å²) in [5.74, 6) is -0.183. The van der Waals surface area contributed by atoms with Crippen molar-refractivity contribution in [2.45, 2.75) is 0 Å². The predicted octanol–water partition coefficient (Wildman–Crippen LogP) is 3.25. The van der Waals surface area contributed by atoms with Crippen LogP contribution in [0.15, 0.2) is 51.8 Å². The molecule has 2 aromatic heterocycles. The molecule has 0 unspecified atom stereocenters. The van der Waals surface area contributed by atoms with E-state index in [0.29, 0.717) is 17.0 Å². The molecule has 0 fully saturated rings. The summed E-state index contributed by atoms with van der Waals surface area (Å²) < 4.78 is 10.2. The number of nitrogens with one attached hydrogen (secondary N) is 2. The molecule has 0 aliphatic heterocycles. The van der Waals surface area contributed by atoms with E-state index in [1.807, 2.05) is 0 Å². The molecule has 1 aromatic carbocycles.